The van der Waals surface area contributed by atoms with E-state index in [4.69, 9.17) is 9.84 Å². The lowest BCUT2D eigenvalue weighted by atomic mass is 9.95. The topological polar surface area (TPSA) is 120 Å². The predicted octanol–water partition coefficient (Wildman–Crippen LogP) is 1.31. The molecule has 1 aliphatic carbocycles. The number of halogens is 1. The number of benzene rings is 1. The van der Waals surface area contributed by atoms with E-state index < -0.39 is 12.3 Å². The Labute approximate surface area is 185 Å². The number of rotatable bonds is 9. The van der Waals surface area contributed by atoms with Crippen molar-refractivity contribution in [3.05, 3.63) is 47.5 Å². The summed E-state index contributed by atoms with van der Waals surface area (Å²) in [4.78, 5) is 27.1. The van der Waals surface area contributed by atoms with E-state index in [1.807, 2.05) is 6.07 Å². The van der Waals surface area contributed by atoms with E-state index >= 15 is 0 Å². The number of nitrogens with one attached hydrogen (secondary N) is 3. The van der Waals surface area contributed by atoms with Crippen LogP contribution in [0.3, 0.4) is 0 Å². The van der Waals surface area contributed by atoms with Gasteiger partial charge in [-0.05, 0) is 43.7 Å². The average molecular weight is 445 g/mol. The number of piperidine rings is 1. The normalized spacial score (nSPS) is 17.8. The van der Waals surface area contributed by atoms with Gasteiger partial charge in [0.05, 0.1) is 18.4 Å². The Balaban J connectivity index is 1.27. The van der Waals surface area contributed by atoms with Crippen LogP contribution in [-0.4, -0.2) is 59.1 Å². The Bertz CT molecular complexity index is 940. The number of amides is 2. The number of aliphatic hydroxyl groups excluding tert-OH is 1. The molecule has 1 aromatic heterocycles. The van der Waals surface area contributed by atoms with Gasteiger partial charge in [-0.25, -0.2) is 4.39 Å². The summed E-state index contributed by atoms with van der Waals surface area (Å²) in [5, 5.41) is 21.1. The number of H-pyrrole nitrogens is 1. The largest absolute Gasteiger partial charge is 0.371 e. The van der Waals surface area contributed by atoms with Crippen LogP contribution in [-0.2, 0) is 16.1 Å². The maximum Gasteiger partial charge on any atom is 0.255 e. The van der Waals surface area contributed by atoms with Gasteiger partial charge < -0.3 is 25.4 Å². The first-order chi connectivity index (χ1) is 15.5. The number of carbonyl (C=O) groups is 2. The standard InChI is InChI=1S/C22H28FN5O4/c23-18-2-1-3-19(17(18)13-32-14-29)28-8-4-15(5-9-28)10-24-21(31)22(6-7-22)27-20(30)16-11-25-26-12-16/h1-3,11-12,15,29H,4-10,13-14H2,(H,24,31)(H,25,26)(H,27,30). The van der Waals surface area contributed by atoms with Gasteiger partial charge in [0.1, 0.15) is 18.1 Å². The minimum atomic E-state index is -0.821. The van der Waals surface area contributed by atoms with E-state index in [1.165, 1.54) is 18.5 Å². The summed E-state index contributed by atoms with van der Waals surface area (Å²) < 4.78 is 19.3. The van der Waals surface area contributed by atoms with Gasteiger partial charge in [-0.1, -0.05) is 6.07 Å². The van der Waals surface area contributed by atoms with Crippen molar-refractivity contribution in [3.8, 4) is 0 Å². The van der Waals surface area contributed by atoms with Gasteiger partial charge in [-0.2, -0.15) is 5.10 Å². The third kappa shape index (κ3) is 4.91. The summed E-state index contributed by atoms with van der Waals surface area (Å²) in [6.45, 7) is 1.57. The molecular formula is C22H28FN5O4. The van der Waals surface area contributed by atoms with Crippen LogP contribution in [0, 0.1) is 11.7 Å². The molecule has 0 atom stereocenters. The minimum absolute atomic E-state index is 0.0150. The van der Waals surface area contributed by atoms with Gasteiger partial charge in [0.2, 0.25) is 5.91 Å². The summed E-state index contributed by atoms with van der Waals surface area (Å²) in [5.74, 6) is -0.500. The number of aliphatic hydroxyl groups is 1. The summed E-state index contributed by atoms with van der Waals surface area (Å²) in [6, 6.07) is 4.92. The highest BCUT2D eigenvalue weighted by Gasteiger charge is 2.51. The molecule has 1 saturated carbocycles. The fourth-order valence-electron chi connectivity index (χ4n) is 4.12. The molecule has 4 N–H and O–H groups in total. The molecule has 1 aliphatic heterocycles. The highest BCUT2D eigenvalue weighted by molar-refractivity contribution is 6.00. The Morgan fingerprint density at radius 3 is 2.75 bits per heavy atom. The fraction of sp³-hybridized carbons (Fsp3) is 0.500. The van der Waals surface area contributed by atoms with Gasteiger partial charge in [0.15, 0.2) is 0 Å². The fourth-order valence-corrected chi connectivity index (χ4v) is 4.12. The van der Waals surface area contributed by atoms with Crippen LogP contribution in [0.2, 0.25) is 0 Å². The molecule has 0 spiro atoms. The molecule has 172 valence electrons. The number of aromatic amines is 1. The molecule has 10 heteroatoms. The first-order valence-electron chi connectivity index (χ1n) is 10.8. The number of nitrogens with zero attached hydrogens (tertiary/aromatic N) is 2. The molecule has 0 radical (unpaired) electrons. The Hall–Kier alpha value is -2.98. The number of ether oxygens (including phenoxy) is 1. The van der Waals surface area contributed by atoms with Gasteiger partial charge in [0, 0.05) is 37.1 Å². The molecule has 2 aliphatic rings. The van der Waals surface area contributed by atoms with Gasteiger partial charge in [-0.15, -0.1) is 0 Å². The number of anilines is 1. The van der Waals surface area contributed by atoms with Gasteiger partial charge >= 0.3 is 0 Å². The zero-order valence-electron chi connectivity index (χ0n) is 17.8. The molecule has 9 nitrogen and oxygen atoms in total. The highest BCUT2D eigenvalue weighted by atomic mass is 19.1. The van der Waals surface area contributed by atoms with E-state index in [2.05, 4.69) is 25.7 Å². The van der Waals surface area contributed by atoms with Gasteiger partial charge in [-0.3, -0.25) is 14.7 Å². The molecule has 32 heavy (non-hydrogen) atoms. The van der Waals surface area contributed by atoms with E-state index in [0.717, 1.165) is 31.6 Å². The minimum Gasteiger partial charge on any atom is -0.371 e. The van der Waals surface area contributed by atoms with Crippen LogP contribution in [0.1, 0.15) is 41.6 Å². The molecule has 1 saturated heterocycles. The summed E-state index contributed by atoms with van der Waals surface area (Å²) in [6.07, 6.45) is 5.88. The molecule has 0 unspecified atom stereocenters. The van der Waals surface area contributed by atoms with Crippen molar-refractivity contribution < 1.29 is 23.8 Å². The van der Waals surface area contributed by atoms with Crippen molar-refractivity contribution in [1.29, 1.82) is 0 Å². The second kappa shape index (κ2) is 9.66. The average Bonchev–Trinajstić information content (AvgIpc) is 3.37. The van der Waals surface area contributed by atoms with E-state index in [0.29, 0.717) is 36.4 Å². The molecule has 2 amide bonds. The van der Waals surface area contributed by atoms with Crippen molar-refractivity contribution in [1.82, 2.24) is 20.8 Å². The van der Waals surface area contributed by atoms with Crippen LogP contribution in [0.5, 0.6) is 0 Å². The summed E-state index contributed by atoms with van der Waals surface area (Å²) in [5.41, 5.74) is 0.799. The highest BCUT2D eigenvalue weighted by Crippen LogP contribution is 2.36. The summed E-state index contributed by atoms with van der Waals surface area (Å²) in [7, 11) is 0. The van der Waals surface area contributed by atoms with Crippen molar-refractivity contribution in [2.75, 3.05) is 31.3 Å². The molecule has 2 aromatic rings. The molecule has 0 bridgehead atoms. The monoisotopic (exact) mass is 445 g/mol. The first-order valence-corrected chi connectivity index (χ1v) is 10.8. The third-order valence-corrected chi connectivity index (χ3v) is 6.24. The molecule has 2 fully saturated rings. The number of hydrogen-bond donors (Lipinski definition) is 4. The second-order valence-electron chi connectivity index (χ2n) is 8.38. The van der Waals surface area contributed by atoms with Gasteiger partial charge in [0.25, 0.3) is 5.91 Å². The quantitative estimate of drug-likeness (QED) is 0.432. The third-order valence-electron chi connectivity index (χ3n) is 6.24. The predicted molar refractivity (Wildman–Crippen MR) is 114 cm³/mol. The molecular weight excluding hydrogens is 417 g/mol. The lowest BCUT2D eigenvalue weighted by molar-refractivity contribution is -0.124. The van der Waals surface area contributed by atoms with Crippen molar-refractivity contribution >= 4 is 17.5 Å². The maximum atomic E-state index is 14.2. The number of hydrogen-bond acceptors (Lipinski definition) is 6. The zero-order valence-corrected chi connectivity index (χ0v) is 17.8. The van der Waals surface area contributed by atoms with Crippen molar-refractivity contribution in [3.63, 3.8) is 0 Å². The number of carbonyl (C=O) groups excluding carboxylic acids is 2. The van der Waals surface area contributed by atoms with Crippen LogP contribution in [0.15, 0.2) is 30.6 Å². The summed E-state index contributed by atoms with van der Waals surface area (Å²) >= 11 is 0. The Morgan fingerprint density at radius 2 is 2.09 bits per heavy atom. The molecule has 4 rings (SSSR count). The Kier molecular flexibility index (Phi) is 6.71. The van der Waals surface area contributed by atoms with Crippen LogP contribution in [0.4, 0.5) is 10.1 Å². The smallest absolute Gasteiger partial charge is 0.255 e. The van der Waals surface area contributed by atoms with Crippen LogP contribution >= 0.6 is 0 Å². The lowest BCUT2D eigenvalue weighted by Crippen LogP contribution is -2.50. The second-order valence-corrected chi connectivity index (χ2v) is 8.38. The van der Waals surface area contributed by atoms with E-state index in [-0.39, 0.29) is 24.2 Å². The van der Waals surface area contributed by atoms with E-state index in [1.54, 1.807) is 6.07 Å². The first kappa shape index (κ1) is 22.2. The lowest BCUT2D eigenvalue weighted by Gasteiger charge is -2.35. The van der Waals surface area contributed by atoms with Crippen molar-refractivity contribution in [2.24, 2.45) is 5.92 Å². The van der Waals surface area contributed by atoms with Crippen molar-refractivity contribution in [2.45, 2.75) is 37.8 Å². The molecule has 2 heterocycles. The number of aromatic nitrogens is 2. The zero-order chi connectivity index (χ0) is 22.6. The Morgan fingerprint density at radius 1 is 1.31 bits per heavy atom. The van der Waals surface area contributed by atoms with E-state index in [9.17, 15) is 14.0 Å². The van der Waals surface area contributed by atoms with Crippen LogP contribution < -0.4 is 15.5 Å². The maximum absolute atomic E-state index is 14.2. The SMILES string of the molecule is O=C(NC1(C(=O)NCC2CCN(c3cccc(F)c3COCO)CC2)CC1)c1cn[nH]c1. The molecule has 1 aromatic carbocycles. The van der Waals surface area contributed by atoms with Crippen LogP contribution in [0.25, 0.3) is 0 Å².